The van der Waals surface area contributed by atoms with E-state index in [2.05, 4.69) is 6.58 Å². The van der Waals surface area contributed by atoms with Crippen LogP contribution in [0, 0.1) is 5.41 Å². The second kappa shape index (κ2) is 4.56. The van der Waals surface area contributed by atoms with Crippen LogP contribution >= 0.6 is 0 Å². The summed E-state index contributed by atoms with van der Waals surface area (Å²) in [4.78, 5) is 0. The summed E-state index contributed by atoms with van der Waals surface area (Å²) in [6.45, 7) is 5.09. The molecule has 0 rings (SSSR count). The molecule has 0 aliphatic heterocycles. The van der Waals surface area contributed by atoms with Gasteiger partial charge in [0.25, 0.3) is 0 Å². The van der Waals surface area contributed by atoms with Gasteiger partial charge in [0.1, 0.15) is 5.76 Å². The molecule has 0 fully saturated rings. The van der Waals surface area contributed by atoms with Gasteiger partial charge in [0.15, 0.2) is 0 Å². The Labute approximate surface area is 60.7 Å². The van der Waals surface area contributed by atoms with Crippen molar-refractivity contribution < 1.29 is 5.11 Å². The predicted molar refractivity (Wildman–Crippen MR) is 43.4 cm³/mol. The molecule has 0 aromatic heterocycles. The van der Waals surface area contributed by atoms with Crippen molar-refractivity contribution in [3.63, 3.8) is 0 Å². The standard InChI is InChI=1S/C8H11NO/c1-3-8(6-9)5-4-7(2)10/h3-6,9-10H,2H2,1H3/b5-4-,8-3+,9-6?. The van der Waals surface area contributed by atoms with E-state index in [1.54, 1.807) is 12.2 Å². The van der Waals surface area contributed by atoms with Crippen molar-refractivity contribution in [2.75, 3.05) is 0 Å². The average molecular weight is 137 g/mol. The highest BCUT2D eigenvalue weighted by Crippen LogP contribution is 1.94. The lowest BCUT2D eigenvalue weighted by atomic mass is 10.2. The molecule has 0 saturated heterocycles. The Kier molecular flexibility index (Phi) is 3.96. The van der Waals surface area contributed by atoms with E-state index in [1.807, 2.05) is 6.92 Å². The molecule has 2 nitrogen and oxygen atoms in total. The maximum Gasteiger partial charge on any atom is 0.108 e. The summed E-state index contributed by atoms with van der Waals surface area (Å²) < 4.78 is 0. The van der Waals surface area contributed by atoms with Crippen LogP contribution in [0.4, 0.5) is 0 Å². The number of allylic oxidation sites excluding steroid dienone is 4. The van der Waals surface area contributed by atoms with Gasteiger partial charge in [0.2, 0.25) is 0 Å². The van der Waals surface area contributed by atoms with Crippen LogP contribution in [0.2, 0.25) is 0 Å². The monoisotopic (exact) mass is 137 g/mol. The first-order valence-corrected chi connectivity index (χ1v) is 2.93. The molecule has 0 amide bonds. The molecule has 0 saturated carbocycles. The van der Waals surface area contributed by atoms with Crippen LogP contribution in [0.5, 0.6) is 0 Å². The lowest BCUT2D eigenvalue weighted by Crippen LogP contribution is -1.76. The van der Waals surface area contributed by atoms with Crippen molar-refractivity contribution in [2.24, 2.45) is 0 Å². The van der Waals surface area contributed by atoms with Crippen LogP contribution in [-0.4, -0.2) is 11.3 Å². The molecule has 0 aliphatic carbocycles. The quantitative estimate of drug-likeness (QED) is 0.349. The van der Waals surface area contributed by atoms with E-state index in [9.17, 15) is 0 Å². The number of nitrogens with one attached hydrogen (secondary N) is 1. The molecule has 0 heterocycles. The summed E-state index contributed by atoms with van der Waals surface area (Å²) >= 11 is 0. The largest absolute Gasteiger partial charge is 0.509 e. The SMILES string of the molecule is C=C(O)/C=C\C(C=N)=C/C. The molecule has 0 bridgehead atoms. The molecule has 0 aliphatic rings. The molecule has 0 spiro atoms. The number of aliphatic hydroxyl groups excluding tert-OH is 1. The van der Waals surface area contributed by atoms with Crippen LogP contribution < -0.4 is 0 Å². The molecule has 0 atom stereocenters. The van der Waals surface area contributed by atoms with Crippen molar-refractivity contribution in [3.05, 3.63) is 36.1 Å². The Balaban J connectivity index is 4.11. The van der Waals surface area contributed by atoms with Crippen LogP contribution in [0.1, 0.15) is 6.92 Å². The molecular weight excluding hydrogens is 126 g/mol. The zero-order valence-corrected chi connectivity index (χ0v) is 5.96. The maximum absolute atomic E-state index is 8.61. The number of hydrogen-bond acceptors (Lipinski definition) is 2. The molecule has 2 heteroatoms. The highest BCUT2D eigenvalue weighted by atomic mass is 16.3. The van der Waals surface area contributed by atoms with Gasteiger partial charge in [-0.2, -0.15) is 0 Å². The van der Waals surface area contributed by atoms with Crippen LogP contribution in [-0.2, 0) is 0 Å². The molecule has 10 heavy (non-hydrogen) atoms. The number of rotatable bonds is 3. The van der Waals surface area contributed by atoms with Gasteiger partial charge >= 0.3 is 0 Å². The van der Waals surface area contributed by atoms with Crippen LogP contribution in [0.25, 0.3) is 0 Å². The van der Waals surface area contributed by atoms with Gasteiger partial charge in [0, 0.05) is 6.21 Å². The molecule has 0 radical (unpaired) electrons. The van der Waals surface area contributed by atoms with Crippen molar-refractivity contribution >= 4 is 6.21 Å². The molecular formula is C8H11NO. The third-order valence-corrected chi connectivity index (χ3v) is 0.968. The fraction of sp³-hybridized carbons (Fsp3) is 0.125. The summed E-state index contributed by atoms with van der Waals surface area (Å²) in [5.74, 6) is 0.00111. The van der Waals surface area contributed by atoms with Crippen molar-refractivity contribution in [1.82, 2.24) is 0 Å². The van der Waals surface area contributed by atoms with Crippen molar-refractivity contribution in [3.8, 4) is 0 Å². The molecule has 54 valence electrons. The number of aliphatic hydroxyl groups is 1. The maximum atomic E-state index is 8.61. The summed E-state index contributed by atoms with van der Waals surface area (Å²) in [6.07, 6.45) is 6.04. The third kappa shape index (κ3) is 3.66. The van der Waals surface area contributed by atoms with Gasteiger partial charge in [-0.3, -0.25) is 0 Å². The van der Waals surface area contributed by atoms with Gasteiger partial charge in [0.05, 0.1) is 0 Å². The zero-order valence-electron chi connectivity index (χ0n) is 5.96. The fourth-order valence-electron chi connectivity index (χ4n) is 0.420. The first-order valence-electron chi connectivity index (χ1n) is 2.93. The van der Waals surface area contributed by atoms with E-state index < -0.39 is 0 Å². The minimum Gasteiger partial charge on any atom is -0.509 e. The van der Waals surface area contributed by atoms with E-state index in [-0.39, 0.29) is 5.76 Å². The minimum atomic E-state index is 0.00111. The van der Waals surface area contributed by atoms with Gasteiger partial charge < -0.3 is 10.5 Å². The van der Waals surface area contributed by atoms with Crippen LogP contribution in [0.15, 0.2) is 36.1 Å². The van der Waals surface area contributed by atoms with Gasteiger partial charge in [-0.1, -0.05) is 18.7 Å². The summed E-state index contributed by atoms with van der Waals surface area (Å²) in [6, 6.07) is 0. The third-order valence-electron chi connectivity index (χ3n) is 0.968. The second-order valence-electron chi connectivity index (χ2n) is 1.76. The second-order valence-corrected chi connectivity index (χ2v) is 1.76. The van der Waals surface area contributed by atoms with Crippen molar-refractivity contribution in [2.45, 2.75) is 6.92 Å². The summed E-state index contributed by atoms with van der Waals surface area (Å²) in [7, 11) is 0. The van der Waals surface area contributed by atoms with Gasteiger partial charge in [-0.15, -0.1) is 0 Å². The van der Waals surface area contributed by atoms with E-state index in [0.717, 1.165) is 5.57 Å². The van der Waals surface area contributed by atoms with E-state index in [4.69, 9.17) is 10.5 Å². The topological polar surface area (TPSA) is 44.1 Å². The predicted octanol–water partition coefficient (Wildman–Crippen LogP) is 2.21. The van der Waals surface area contributed by atoms with E-state index >= 15 is 0 Å². The Bertz CT molecular complexity index is 189. The van der Waals surface area contributed by atoms with Gasteiger partial charge in [-0.05, 0) is 18.6 Å². The van der Waals surface area contributed by atoms with Gasteiger partial charge in [-0.25, -0.2) is 0 Å². The highest BCUT2D eigenvalue weighted by molar-refractivity contribution is 5.79. The first-order chi connectivity index (χ1) is 4.70. The Morgan fingerprint density at radius 1 is 1.50 bits per heavy atom. The minimum absolute atomic E-state index is 0.00111. The van der Waals surface area contributed by atoms with Crippen molar-refractivity contribution in [1.29, 1.82) is 5.41 Å². The average Bonchev–Trinajstić information content (AvgIpc) is 1.90. The smallest absolute Gasteiger partial charge is 0.108 e. The lowest BCUT2D eigenvalue weighted by Gasteiger charge is -1.87. The number of hydrogen-bond donors (Lipinski definition) is 2. The molecule has 2 N–H and O–H groups in total. The Morgan fingerprint density at radius 2 is 2.10 bits per heavy atom. The highest BCUT2D eigenvalue weighted by Gasteiger charge is 1.81. The first kappa shape index (κ1) is 8.69. The summed E-state index contributed by atoms with van der Waals surface area (Å²) in [5, 5.41) is 15.5. The normalized spacial score (nSPS) is 11.9. The zero-order chi connectivity index (χ0) is 7.98. The fourth-order valence-corrected chi connectivity index (χ4v) is 0.420. The Hall–Kier alpha value is -1.31. The molecule has 0 unspecified atom stereocenters. The Morgan fingerprint density at radius 3 is 2.40 bits per heavy atom. The van der Waals surface area contributed by atoms with Crippen LogP contribution in [0.3, 0.4) is 0 Å². The molecule has 0 aromatic rings. The molecule has 0 aromatic carbocycles. The lowest BCUT2D eigenvalue weighted by molar-refractivity contribution is 0.435. The van der Waals surface area contributed by atoms with E-state index in [1.165, 1.54) is 12.3 Å². The van der Waals surface area contributed by atoms with E-state index in [0.29, 0.717) is 0 Å². The summed E-state index contributed by atoms with van der Waals surface area (Å²) in [5.41, 5.74) is 0.746.